The minimum Gasteiger partial charge on any atom is -0.344 e. The van der Waals surface area contributed by atoms with Crippen LogP contribution in [0.2, 0.25) is 0 Å². The number of aromatic nitrogens is 2. The van der Waals surface area contributed by atoms with Gasteiger partial charge in [-0.3, -0.25) is 4.79 Å². The molecule has 0 aliphatic carbocycles. The van der Waals surface area contributed by atoms with Crippen molar-refractivity contribution in [3.63, 3.8) is 0 Å². The summed E-state index contributed by atoms with van der Waals surface area (Å²) in [5.74, 6) is -0.861. The van der Waals surface area contributed by atoms with E-state index in [1.54, 1.807) is 41.2 Å². The van der Waals surface area contributed by atoms with E-state index in [1.165, 1.54) is 35.2 Å². The van der Waals surface area contributed by atoms with Crippen molar-refractivity contribution in [2.24, 2.45) is 0 Å². The van der Waals surface area contributed by atoms with Gasteiger partial charge in [0.1, 0.15) is 35.6 Å². The van der Waals surface area contributed by atoms with Crippen LogP contribution in [0.15, 0.2) is 79.3 Å². The maximum absolute atomic E-state index is 14.8. The summed E-state index contributed by atoms with van der Waals surface area (Å²) < 4.78 is 49.4. The Kier molecular flexibility index (Phi) is 5.88. The van der Waals surface area contributed by atoms with Gasteiger partial charge in [0.25, 0.3) is 5.91 Å². The van der Waals surface area contributed by atoms with Crippen molar-refractivity contribution in [1.82, 2.24) is 14.7 Å². The van der Waals surface area contributed by atoms with Gasteiger partial charge in [-0.2, -0.15) is 5.10 Å². The normalized spacial score (nSPS) is 16.5. The summed E-state index contributed by atoms with van der Waals surface area (Å²) in [5.41, 5.74) is 4.03. The van der Waals surface area contributed by atoms with Crippen LogP contribution in [0.25, 0.3) is 16.9 Å². The number of carbonyl (C=O) groups is 1. The zero-order valence-electron chi connectivity index (χ0n) is 20.0. The highest BCUT2D eigenvalue weighted by Crippen LogP contribution is 2.36. The van der Waals surface area contributed by atoms with Gasteiger partial charge < -0.3 is 20.3 Å². The molecule has 2 aliphatic heterocycles. The second kappa shape index (κ2) is 9.38. The summed E-state index contributed by atoms with van der Waals surface area (Å²) in [6.07, 6.45) is 1.16. The monoisotopic (exact) mass is 517 g/mol. The van der Waals surface area contributed by atoms with Gasteiger partial charge >= 0.3 is 0 Å². The smallest absolute Gasteiger partial charge is 0.250 e. The molecule has 192 valence electrons. The first kappa shape index (κ1) is 23.8. The van der Waals surface area contributed by atoms with Crippen molar-refractivity contribution < 1.29 is 22.7 Å². The highest BCUT2D eigenvalue weighted by atomic mass is 19.1. The van der Waals surface area contributed by atoms with Crippen LogP contribution in [0.3, 0.4) is 0 Å². The third kappa shape index (κ3) is 4.39. The SMILES string of the molecule is C=C1Nc2cc(F)c(CCN3C(=O)COC3c3cn(-c4ccc(F)cc4)nc3-c3ccc(F)cc3)cc2N1. The molecule has 1 amide bonds. The molecule has 3 heterocycles. The molecular weight excluding hydrogens is 495 g/mol. The van der Waals surface area contributed by atoms with Gasteiger partial charge in [0.15, 0.2) is 6.23 Å². The van der Waals surface area contributed by atoms with E-state index >= 15 is 0 Å². The largest absolute Gasteiger partial charge is 0.344 e. The predicted octanol–water partition coefficient (Wildman–Crippen LogP) is 5.37. The first-order valence-corrected chi connectivity index (χ1v) is 11.9. The van der Waals surface area contributed by atoms with Crippen LogP contribution in [0.1, 0.15) is 17.4 Å². The fourth-order valence-electron chi connectivity index (χ4n) is 4.69. The van der Waals surface area contributed by atoms with E-state index in [0.29, 0.717) is 45.3 Å². The zero-order chi connectivity index (χ0) is 26.4. The molecule has 1 atom stereocenters. The van der Waals surface area contributed by atoms with Crippen LogP contribution in [0.5, 0.6) is 0 Å². The summed E-state index contributed by atoms with van der Waals surface area (Å²) in [6.45, 7) is 3.84. The number of ether oxygens (including phenoxy) is 1. The summed E-state index contributed by atoms with van der Waals surface area (Å²) >= 11 is 0. The molecule has 6 rings (SSSR count). The Morgan fingerprint density at radius 1 is 0.974 bits per heavy atom. The van der Waals surface area contributed by atoms with Gasteiger partial charge in [0.2, 0.25) is 0 Å². The Hall–Kier alpha value is -4.57. The van der Waals surface area contributed by atoms with Crippen LogP contribution >= 0.6 is 0 Å². The van der Waals surface area contributed by atoms with Gasteiger partial charge in [-0.25, -0.2) is 17.9 Å². The van der Waals surface area contributed by atoms with Gasteiger partial charge in [-0.05, 0) is 72.6 Å². The quantitative estimate of drug-likeness (QED) is 0.360. The van der Waals surface area contributed by atoms with Crippen LogP contribution in [0.4, 0.5) is 24.5 Å². The minimum atomic E-state index is -0.797. The van der Waals surface area contributed by atoms with Gasteiger partial charge in [-0.1, -0.05) is 6.58 Å². The third-order valence-electron chi connectivity index (χ3n) is 6.57. The van der Waals surface area contributed by atoms with Crippen molar-refractivity contribution in [1.29, 1.82) is 0 Å². The van der Waals surface area contributed by atoms with Gasteiger partial charge in [0, 0.05) is 23.9 Å². The molecule has 10 heteroatoms. The van der Waals surface area contributed by atoms with Crippen molar-refractivity contribution in [2.75, 3.05) is 23.8 Å². The Morgan fingerprint density at radius 2 is 1.63 bits per heavy atom. The molecule has 1 unspecified atom stereocenters. The van der Waals surface area contributed by atoms with Gasteiger partial charge in [-0.15, -0.1) is 0 Å². The van der Waals surface area contributed by atoms with E-state index in [9.17, 15) is 18.0 Å². The Morgan fingerprint density at radius 3 is 2.34 bits per heavy atom. The molecule has 0 radical (unpaired) electrons. The molecule has 1 saturated heterocycles. The van der Waals surface area contributed by atoms with E-state index in [4.69, 9.17) is 4.74 Å². The van der Waals surface area contributed by atoms with Crippen LogP contribution in [0, 0.1) is 17.5 Å². The van der Waals surface area contributed by atoms with Crippen molar-refractivity contribution in [2.45, 2.75) is 12.6 Å². The lowest BCUT2D eigenvalue weighted by atomic mass is 10.1. The second-order valence-corrected chi connectivity index (χ2v) is 9.08. The zero-order valence-corrected chi connectivity index (χ0v) is 20.0. The lowest BCUT2D eigenvalue weighted by molar-refractivity contribution is -0.128. The number of anilines is 2. The fourth-order valence-corrected chi connectivity index (χ4v) is 4.69. The summed E-state index contributed by atoms with van der Waals surface area (Å²) in [6, 6.07) is 14.7. The third-order valence-corrected chi connectivity index (χ3v) is 6.57. The predicted molar refractivity (Wildman–Crippen MR) is 136 cm³/mol. The molecule has 2 N–H and O–H groups in total. The second-order valence-electron chi connectivity index (χ2n) is 9.08. The molecule has 0 bridgehead atoms. The molecular formula is C28H22F3N5O2. The standard InChI is InChI=1S/C28H22F3N5O2/c1-16-32-24-12-18(23(31)13-25(24)33-16)10-11-35-26(37)15-38-28(35)22-14-36(21-8-6-20(30)7-9-21)34-27(22)17-2-4-19(29)5-3-17/h2-9,12-14,28,32-33H,1,10-11,15H2. The van der Waals surface area contributed by atoms with Crippen molar-refractivity contribution in [3.8, 4) is 16.9 Å². The maximum atomic E-state index is 14.8. The summed E-state index contributed by atoms with van der Waals surface area (Å²) in [4.78, 5) is 14.4. The number of benzene rings is 3. The fraction of sp³-hybridized carbons (Fsp3) is 0.143. The Labute approximate surface area is 216 Å². The molecule has 1 fully saturated rings. The van der Waals surface area contributed by atoms with Crippen molar-refractivity contribution >= 4 is 17.3 Å². The number of nitrogens with zero attached hydrogens (tertiary/aromatic N) is 3. The molecule has 1 aromatic heterocycles. The average molecular weight is 518 g/mol. The molecule has 38 heavy (non-hydrogen) atoms. The van der Waals surface area contributed by atoms with E-state index in [-0.39, 0.29) is 31.3 Å². The van der Waals surface area contributed by atoms with Crippen molar-refractivity contribution in [3.05, 3.63) is 108 Å². The lowest BCUT2D eigenvalue weighted by Gasteiger charge is -2.23. The molecule has 4 aromatic rings. The summed E-state index contributed by atoms with van der Waals surface area (Å²) in [5, 5.41) is 10.7. The topological polar surface area (TPSA) is 71.4 Å². The van der Waals surface area contributed by atoms with Crippen LogP contribution < -0.4 is 10.6 Å². The minimum absolute atomic E-state index is 0.146. The van der Waals surface area contributed by atoms with Crippen LogP contribution in [-0.2, 0) is 16.0 Å². The number of hydrogen-bond acceptors (Lipinski definition) is 5. The lowest BCUT2D eigenvalue weighted by Crippen LogP contribution is -2.31. The van der Waals surface area contributed by atoms with Crippen LogP contribution in [-0.4, -0.2) is 33.7 Å². The molecule has 0 spiro atoms. The maximum Gasteiger partial charge on any atom is 0.250 e. The number of amides is 1. The van der Waals surface area contributed by atoms with Gasteiger partial charge in [0.05, 0.1) is 17.1 Å². The number of rotatable bonds is 6. The Balaban J connectivity index is 1.33. The summed E-state index contributed by atoms with van der Waals surface area (Å²) in [7, 11) is 0. The number of fused-ring (bicyclic) bond motifs is 1. The van der Waals surface area contributed by atoms with E-state index in [1.807, 2.05) is 0 Å². The van der Waals surface area contributed by atoms with E-state index in [0.717, 1.165) is 0 Å². The molecule has 7 nitrogen and oxygen atoms in total. The number of carbonyl (C=O) groups excluding carboxylic acids is 1. The molecule has 2 aliphatic rings. The first-order valence-electron chi connectivity index (χ1n) is 11.9. The number of halogens is 3. The molecule has 0 saturated carbocycles. The van der Waals surface area contributed by atoms with E-state index < -0.39 is 17.9 Å². The Bertz CT molecular complexity index is 1550. The highest BCUT2D eigenvalue weighted by molar-refractivity contribution is 5.81. The number of nitrogens with one attached hydrogen (secondary N) is 2. The number of hydrogen-bond donors (Lipinski definition) is 2. The van der Waals surface area contributed by atoms with E-state index in [2.05, 4.69) is 22.3 Å². The highest BCUT2D eigenvalue weighted by Gasteiger charge is 2.36. The molecule has 3 aromatic carbocycles. The first-order chi connectivity index (χ1) is 18.4. The average Bonchev–Trinajstić information content (AvgIpc) is 3.59.